The van der Waals surface area contributed by atoms with Gasteiger partial charge in [0.2, 0.25) is 5.13 Å². The van der Waals surface area contributed by atoms with Crippen LogP contribution in [0.2, 0.25) is 0 Å². The second-order valence-electron chi connectivity index (χ2n) is 5.71. The molecule has 4 aromatic rings. The quantitative estimate of drug-likeness (QED) is 0.491. The van der Waals surface area contributed by atoms with Gasteiger partial charge in [-0.15, -0.1) is 10.2 Å². The lowest BCUT2D eigenvalue weighted by molar-refractivity contribution is 0.415. The zero-order chi connectivity index (χ0) is 18.6. The Morgan fingerprint density at radius 1 is 1.07 bits per heavy atom. The van der Waals surface area contributed by atoms with E-state index >= 15 is 0 Å². The Hall–Kier alpha value is -2.84. The van der Waals surface area contributed by atoms with E-state index in [1.807, 2.05) is 59.3 Å². The van der Waals surface area contributed by atoms with Crippen LogP contribution in [-0.4, -0.2) is 27.1 Å². The number of methoxy groups -OCH3 is 1. The van der Waals surface area contributed by atoms with Crippen molar-refractivity contribution in [3.63, 3.8) is 0 Å². The Bertz CT molecular complexity index is 1030. The van der Waals surface area contributed by atoms with Gasteiger partial charge >= 0.3 is 0 Å². The van der Waals surface area contributed by atoms with Crippen molar-refractivity contribution in [3.05, 3.63) is 66.4 Å². The molecule has 0 aliphatic heterocycles. The highest BCUT2D eigenvalue weighted by molar-refractivity contribution is 8.00. The van der Waals surface area contributed by atoms with Crippen LogP contribution in [0.25, 0.3) is 16.9 Å². The first-order chi connectivity index (χ1) is 13.2. The van der Waals surface area contributed by atoms with Crippen molar-refractivity contribution in [2.45, 2.75) is 10.1 Å². The highest BCUT2D eigenvalue weighted by Gasteiger charge is 2.14. The van der Waals surface area contributed by atoms with Crippen molar-refractivity contribution in [3.8, 4) is 22.7 Å². The Balaban J connectivity index is 1.69. The fraction of sp³-hybridized carbons (Fsp3) is 0.105. The predicted octanol–water partition coefficient (Wildman–Crippen LogP) is 4.27. The molecule has 6 nitrogen and oxygen atoms in total. The SMILES string of the molecule is COc1ccc(-c2nn(-c3ccccc3)cc2CSc2nnc(N)s2)cc1. The molecule has 8 heteroatoms. The minimum Gasteiger partial charge on any atom is -0.497 e. The molecule has 0 fully saturated rings. The molecule has 2 aromatic heterocycles. The maximum absolute atomic E-state index is 5.68. The van der Waals surface area contributed by atoms with Crippen LogP contribution in [0, 0.1) is 0 Å². The van der Waals surface area contributed by atoms with Crippen molar-refractivity contribution in [1.82, 2.24) is 20.0 Å². The molecule has 2 N–H and O–H groups in total. The third kappa shape index (κ3) is 3.96. The van der Waals surface area contributed by atoms with Gasteiger partial charge < -0.3 is 10.5 Å². The third-order valence-corrected chi connectivity index (χ3v) is 5.88. The Labute approximate surface area is 165 Å². The molecule has 0 bridgehead atoms. The molecule has 0 saturated carbocycles. The predicted molar refractivity (Wildman–Crippen MR) is 109 cm³/mol. The summed E-state index contributed by atoms with van der Waals surface area (Å²) in [5.41, 5.74) is 9.79. The molecule has 0 atom stereocenters. The van der Waals surface area contributed by atoms with Gasteiger partial charge in [0.15, 0.2) is 4.34 Å². The molecular weight excluding hydrogens is 378 g/mol. The number of nitrogen functional groups attached to an aromatic ring is 1. The van der Waals surface area contributed by atoms with Crippen LogP contribution in [0.15, 0.2) is 65.1 Å². The summed E-state index contributed by atoms with van der Waals surface area (Å²) < 4.78 is 8.02. The second kappa shape index (κ2) is 7.81. The number of ether oxygens (including phenoxy) is 1. The summed E-state index contributed by atoms with van der Waals surface area (Å²) in [6.45, 7) is 0. The van der Waals surface area contributed by atoms with Crippen LogP contribution < -0.4 is 10.5 Å². The number of benzene rings is 2. The number of nitrogens with two attached hydrogens (primary N) is 1. The number of thioether (sulfide) groups is 1. The van der Waals surface area contributed by atoms with Gasteiger partial charge in [-0.3, -0.25) is 0 Å². The van der Waals surface area contributed by atoms with E-state index in [1.54, 1.807) is 18.9 Å². The van der Waals surface area contributed by atoms with Crippen LogP contribution in [0.5, 0.6) is 5.75 Å². The van der Waals surface area contributed by atoms with E-state index in [-0.39, 0.29) is 0 Å². The first-order valence-electron chi connectivity index (χ1n) is 8.23. The third-order valence-electron chi connectivity index (χ3n) is 3.95. The van der Waals surface area contributed by atoms with Gasteiger partial charge in [0, 0.05) is 23.1 Å². The number of hydrogen-bond acceptors (Lipinski definition) is 7. The largest absolute Gasteiger partial charge is 0.497 e. The molecule has 0 radical (unpaired) electrons. The van der Waals surface area contributed by atoms with E-state index in [9.17, 15) is 0 Å². The van der Waals surface area contributed by atoms with Crippen molar-refractivity contribution >= 4 is 28.2 Å². The van der Waals surface area contributed by atoms with E-state index in [0.717, 1.165) is 38.4 Å². The monoisotopic (exact) mass is 395 g/mol. The molecule has 0 aliphatic carbocycles. The van der Waals surface area contributed by atoms with Crippen molar-refractivity contribution in [1.29, 1.82) is 0 Å². The van der Waals surface area contributed by atoms with Crippen LogP contribution in [0.1, 0.15) is 5.56 Å². The lowest BCUT2D eigenvalue weighted by Gasteiger charge is -2.03. The summed E-state index contributed by atoms with van der Waals surface area (Å²) in [5, 5.41) is 13.3. The lowest BCUT2D eigenvalue weighted by Crippen LogP contribution is -1.94. The molecule has 2 aromatic carbocycles. The van der Waals surface area contributed by atoms with E-state index in [2.05, 4.69) is 16.4 Å². The van der Waals surface area contributed by atoms with E-state index in [4.69, 9.17) is 15.6 Å². The van der Waals surface area contributed by atoms with Gasteiger partial charge in [-0.05, 0) is 36.4 Å². The average molecular weight is 396 g/mol. The van der Waals surface area contributed by atoms with Crippen molar-refractivity contribution in [2.24, 2.45) is 0 Å². The fourth-order valence-corrected chi connectivity index (χ4v) is 4.24. The highest BCUT2D eigenvalue weighted by atomic mass is 32.2. The first kappa shape index (κ1) is 17.6. The number of anilines is 1. The Morgan fingerprint density at radius 3 is 2.52 bits per heavy atom. The standard InChI is InChI=1S/C19H17N5OS2/c1-25-16-9-7-13(8-10-16)17-14(12-26-19-22-21-18(20)27-19)11-24(23-17)15-5-3-2-4-6-15/h2-11H,12H2,1H3,(H2,20,21). The zero-order valence-electron chi connectivity index (χ0n) is 14.6. The average Bonchev–Trinajstić information content (AvgIpc) is 3.33. The maximum atomic E-state index is 5.68. The topological polar surface area (TPSA) is 78.8 Å². The van der Waals surface area contributed by atoms with Crippen LogP contribution >= 0.6 is 23.1 Å². The molecule has 2 heterocycles. The number of rotatable bonds is 6. The molecule has 0 saturated heterocycles. The zero-order valence-corrected chi connectivity index (χ0v) is 16.2. The Morgan fingerprint density at radius 2 is 1.85 bits per heavy atom. The molecule has 0 aliphatic rings. The van der Waals surface area contributed by atoms with E-state index < -0.39 is 0 Å². The molecular formula is C19H17N5OS2. The smallest absolute Gasteiger partial charge is 0.203 e. The normalized spacial score (nSPS) is 10.9. The van der Waals surface area contributed by atoms with Gasteiger partial charge in [0.05, 0.1) is 18.5 Å². The fourth-order valence-electron chi connectivity index (χ4n) is 2.64. The van der Waals surface area contributed by atoms with Crippen molar-refractivity contribution < 1.29 is 4.74 Å². The maximum Gasteiger partial charge on any atom is 0.203 e. The van der Waals surface area contributed by atoms with Crippen LogP contribution in [-0.2, 0) is 5.75 Å². The molecule has 0 unspecified atom stereocenters. The van der Waals surface area contributed by atoms with Gasteiger partial charge in [-0.25, -0.2) is 4.68 Å². The van der Waals surface area contributed by atoms with Gasteiger partial charge in [0.1, 0.15) is 5.75 Å². The number of aromatic nitrogens is 4. The number of nitrogens with zero attached hydrogens (tertiary/aromatic N) is 4. The summed E-state index contributed by atoms with van der Waals surface area (Å²) >= 11 is 3.00. The summed E-state index contributed by atoms with van der Waals surface area (Å²) in [4.78, 5) is 0. The summed E-state index contributed by atoms with van der Waals surface area (Å²) in [6.07, 6.45) is 2.06. The van der Waals surface area contributed by atoms with Gasteiger partial charge in [-0.2, -0.15) is 5.10 Å². The summed E-state index contributed by atoms with van der Waals surface area (Å²) in [5.74, 6) is 1.55. The number of hydrogen-bond donors (Lipinski definition) is 1. The van der Waals surface area contributed by atoms with Crippen LogP contribution in [0.3, 0.4) is 0 Å². The molecule has 0 spiro atoms. The molecule has 4 rings (SSSR count). The summed E-state index contributed by atoms with van der Waals surface area (Å²) in [6, 6.07) is 18.0. The molecule has 27 heavy (non-hydrogen) atoms. The summed E-state index contributed by atoms with van der Waals surface area (Å²) in [7, 11) is 1.66. The Kier molecular flexibility index (Phi) is 5.08. The molecule has 136 valence electrons. The lowest BCUT2D eigenvalue weighted by atomic mass is 10.1. The van der Waals surface area contributed by atoms with E-state index in [0.29, 0.717) is 5.13 Å². The second-order valence-corrected chi connectivity index (χ2v) is 7.94. The minimum atomic E-state index is 0.479. The van der Waals surface area contributed by atoms with Crippen molar-refractivity contribution in [2.75, 3.05) is 12.8 Å². The van der Waals surface area contributed by atoms with Crippen LogP contribution in [0.4, 0.5) is 5.13 Å². The van der Waals surface area contributed by atoms with E-state index in [1.165, 1.54) is 11.3 Å². The minimum absolute atomic E-state index is 0.479. The van der Waals surface area contributed by atoms with Gasteiger partial charge in [0.25, 0.3) is 0 Å². The van der Waals surface area contributed by atoms with Gasteiger partial charge in [-0.1, -0.05) is 41.3 Å². The molecule has 0 amide bonds. The first-order valence-corrected chi connectivity index (χ1v) is 10.0. The highest BCUT2D eigenvalue weighted by Crippen LogP contribution is 2.32. The number of para-hydroxylation sites is 1.